The molecule has 0 saturated carbocycles. The zero-order valence-electron chi connectivity index (χ0n) is 18.4. The second-order valence-electron chi connectivity index (χ2n) is 8.78. The number of nitrogens with one attached hydrogen (secondary N) is 3. The molecule has 0 aliphatic carbocycles. The number of carboxylic acid groups (broad SMARTS) is 1. The Morgan fingerprint density at radius 1 is 1.03 bits per heavy atom. The molecule has 2 aliphatic heterocycles. The summed E-state index contributed by atoms with van der Waals surface area (Å²) in [7, 11) is 0. The van der Waals surface area contributed by atoms with E-state index in [1.54, 1.807) is 6.92 Å². The molecule has 9 nitrogen and oxygen atoms in total. The van der Waals surface area contributed by atoms with E-state index in [0.29, 0.717) is 25.8 Å². The molecule has 2 heterocycles. The average molecular weight is 425 g/mol. The van der Waals surface area contributed by atoms with Gasteiger partial charge in [-0.1, -0.05) is 34.1 Å². The largest absolute Gasteiger partial charge is 0.480 e. The summed E-state index contributed by atoms with van der Waals surface area (Å²) in [6, 6.07) is -2.72. The van der Waals surface area contributed by atoms with Gasteiger partial charge < -0.3 is 26.0 Å². The molecule has 5 atom stereocenters. The minimum atomic E-state index is -1.08. The molecule has 9 heteroatoms. The fourth-order valence-electron chi connectivity index (χ4n) is 4.09. The smallest absolute Gasteiger partial charge is 0.326 e. The van der Waals surface area contributed by atoms with Crippen LogP contribution in [0.4, 0.5) is 0 Å². The predicted octanol–water partition coefficient (Wildman–Crippen LogP) is 0.486. The Bertz CT molecular complexity index is 647. The van der Waals surface area contributed by atoms with Crippen LogP contribution in [-0.4, -0.2) is 71.0 Å². The Morgan fingerprint density at radius 2 is 1.70 bits per heavy atom. The number of hydrogen-bond donors (Lipinski definition) is 4. The first kappa shape index (κ1) is 24.1. The fourth-order valence-corrected chi connectivity index (χ4v) is 4.09. The van der Waals surface area contributed by atoms with Gasteiger partial charge in [0.2, 0.25) is 17.7 Å². The predicted molar refractivity (Wildman–Crippen MR) is 112 cm³/mol. The molecule has 0 aromatic carbocycles. The molecule has 2 fully saturated rings. The van der Waals surface area contributed by atoms with E-state index in [1.807, 2.05) is 20.8 Å². The van der Waals surface area contributed by atoms with Crippen molar-refractivity contribution in [3.8, 4) is 0 Å². The summed E-state index contributed by atoms with van der Waals surface area (Å²) in [5.74, 6) is -2.37. The van der Waals surface area contributed by atoms with Crippen molar-refractivity contribution >= 4 is 23.7 Å². The normalized spacial score (nSPS) is 24.4. The number of hydrogen-bond acceptors (Lipinski definition) is 5. The lowest BCUT2D eigenvalue weighted by atomic mass is 9.98. The Balaban J connectivity index is 2.08. The third-order valence-electron chi connectivity index (χ3n) is 6.22. The molecule has 170 valence electrons. The summed E-state index contributed by atoms with van der Waals surface area (Å²) in [5, 5.41) is 18.1. The first-order valence-electron chi connectivity index (χ1n) is 11.0. The highest BCUT2D eigenvalue weighted by Crippen LogP contribution is 2.21. The van der Waals surface area contributed by atoms with E-state index in [-0.39, 0.29) is 29.7 Å². The Morgan fingerprint density at radius 3 is 2.23 bits per heavy atom. The van der Waals surface area contributed by atoms with Crippen LogP contribution < -0.4 is 16.0 Å². The first-order chi connectivity index (χ1) is 14.2. The van der Waals surface area contributed by atoms with E-state index in [9.17, 15) is 24.3 Å². The van der Waals surface area contributed by atoms with Gasteiger partial charge in [0.15, 0.2) is 0 Å². The summed E-state index contributed by atoms with van der Waals surface area (Å²) in [5.41, 5.74) is 0. The van der Waals surface area contributed by atoms with E-state index in [2.05, 4.69) is 16.0 Å². The third-order valence-corrected chi connectivity index (χ3v) is 6.22. The van der Waals surface area contributed by atoms with Crippen molar-refractivity contribution in [1.29, 1.82) is 0 Å². The second kappa shape index (κ2) is 10.7. The van der Waals surface area contributed by atoms with E-state index < -0.39 is 30.0 Å². The van der Waals surface area contributed by atoms with Crippen molar-refractivity contribution in [2.75, 3.05) is 13.1 Å². The Hall–Kier alpha value is -2.16. The van der Waals surface area contributed by atoms with Crippen LogP contribution >= 0.6 is 0 Å². The highest BCUT2D eigenvalue weighted by Gasteiger charge is 2.40. The number of likely N-dealkylation sites (tertiary alicyclic amines) is 1. The molecule has 2 rings (SSSR count). The van der Waals surface area contributed by atoms with Gasteiger partial charge in [0.05, 0.1) is 6.04 Å². The lowest BCUT2D eigenvalue weighted by molar-refractivity contribution is -0.146. The van der Waals surface area contributed by atoms with Crippen LogP contribution in [0.15, 0.2) is 0 Å². The molecule has 2 saturated heterocycles. The Kier molecular flexibility index (Phi) is 8.64. The van der Waals surface area contributed by atoms with Crippen LogP contribution in [0.5, 0.6) is 0 Å². The maximum Gasteiger partial charge on any atom is 0.326 e. The first-order valence-corrected chi connectivity index (χ1v) is 11.0. The molecular weight excluding hydrogens is 388 g/mol. The quantitative estimate of drug-likeness (QED) is 0.426. The lowest BCUT2D eigenvalue weighted by Crippen LogP contribution is -2.58. The average Bonchev–Trinajstić information content (AvgIpc) is 3.40. The van der Waals surface area contributed by atoms with Crippen LogP contribution in [0.2, 0.25) is 0 Å². The minimum Gasteiger partial charge on any atom is -0.480 e. The van der Waals surface area contributed by atoms with Crippen LogP contribution in [0.25, 0.3) is 0 Å². The van der Waals surface area contributed by atoms with Gasteiger partial charge in [0.1, 0.15) is 18.1 Å². The van der Waals surface area contributed by atoms with Crippen molar-refractivity contribution in [2.24, 2.45) is 11.8 Å². The van der Waals surface area contributed by atoms with E-state index >= 15 is 0 Å². The number of nitrogens with zero attached hydrogens (tertiary/aromatic N) is 1. The molecule has 5 unspecified atom stereocenters. The molecule has 0 aromatic rings. The van der Waals surface area contributed by atoms with Crippen LogP contribution in [-0.2, 0) is 19.2 Å². The molecule has 0 aromatic heterocycles. The zero-order valence-corrected chi connectivity index (χ0v) is 18.4. The second-order valence-corrected chi connectivity index (χ2v) is 8.78. The molecule has 0 radical (unpaired) electrons. The lowest BCUT2D eigenvalue weighted by Gasteiger charge is -2.32. The molecule has 0 spiro atoms. The van der Waals surface area contributed by atoms with Crippen molar-refractivity contribution in [3.63, 3.8) is 0 Å². The van der Waals surface area contributed by atoms with Gasteiger partial charge in [-0.2, -0.15) is 0 Å². The maximum atomic E-state index is 13.3. The van der Waals surface area contributed by atoms with E-state index in [1.165, 1.54) is 4.90 Å². The van der Waals surface area contributed by atoms with Crippen molar-refractivity contribution in [2.45, 2.75) is 84.0 Å². The molecule has 0 bridgehead atoms. The molecule has 30 heavy (non-hydrogen) atoms. The summed E-state index contributed by atoms with van der Waals surface area (Å²) in [6.45, 7) is 8.57. The number of carbonyl (C=O) groups is 4. The third kappa shape index (κ3) is 5.71. The fraction of sp³-hybridized carbons (Fsp3) is 0.810. The van der Waals surface area contributed by atoms with E-state index in [4.69, 9.17) is 0 Å². The minimum absolute atomic E-state index is 0.140. The van der Waals surface area contributed by atoms with Gasteiger partial charge in [0.25, 0.3) is 0 Å². The highest BCUT2D eigenvalue weighted by atomic mass is 16.4. The van der Waals surface area contributed by atoms with Crippen molar-refractivity contribution in [1.82, 2.24) is 20.9 Å². The number of rotatable bonds is 9. The van der Waals surface area contributed by atoms with Crippen molar-refractivity contribution < 1.29 is 24.3 Å². The van der Waals surface area contributed by atoms with Gasteiger partial charge in [0, 0.05) is 6.54 Å². The van der Waals surface area contributed by atoms with Crippen molar-refractivity contribution in [3.05, 3.63) is 0 Å². The summed E-state index contributed by atoms with van der Waals surface area (Å²) in [4.78, 5) is 51.7. The van der Waals surface area contributed by atoms with Gasteiger partial charge in [-0.05, 0) is 44.1 Å². The summed E-state index contributed by atoms with van der Waals surface area (Å²) < 4.78 is 0. The van der Waals surface area contributed by atoms with Gasteiger partial charge in [-0.3, -0.25) is 14.4 Å². The van der Waals surface area contributed by atoms with Crippen LogP contribution in [0, 0.1) is 11.8 Å². The van der Waals surface area contributed by atoms with Crippen LogP contribution in [0.3, 0.4) is 0 Å². The van der Waals surface area contributed by atoms with Gasteiger partial charge in [-0.25, -0.2) is 4.79 Å². The van der Waals surface area contributed by atoms with E-state index in [0.717, 1.165) is 19.4 Å². The molecule has 2 aliphatic rings. The maximum absolute atomic E-state index is 13.3. The van der Waals surface area contributed by atoms with Crippen LogP contribution in [0.1, 0.15) is 59.8 Å². The number of carbonyl (C=O) groups excluding carboxylic acids is 3. The van der Waals surface area contributed by atoms with Gasteiger partial charge in [-0.15, -0.1) is 0 Å². The molecular formula is C21H36N4O5. The zero-order chi connectivity index (χ0) is 22.4. The standard InChI is InChI=1S/C21H36N4O5/c1-5-13(4)17(21(29)30)24-19(27)15-9-7-11-25(15)20(28)16(12(2)3)23-18(26)14-8-6-10-22-14/h12-17,22H,5-11H2,1-4H3,(H,23,26)(H,24,27)(H,29,30). The highest BCUT2D eigenvalue weighted by molar-refractivity contribution is 5.94. The summed E-state index contributed by atoms with van der Waals surface area (Å²) >= 11 is 0. The number of aliphatic carboxylic acids is 1. The Labute approximate surface area is 178 Å². The number of amides is 3. The van der Waals surface area contributed by atoms with Gasteiger partial charge >= 0.3 is 5.97 Å². The SMILES string of the molecule is CCC(C)C(NC(=O)C1CCCN1C(=O)C(NC(=O)C1CCCN1)C(C)C)C(=O)O. The topological polar surface area (TPSA) is 128 Å². The molecule has 3 amide bonds. The molecule has 4 N–H and O–H groups in total. The summed E-state index contributed by atoms with van der Waals surface area (Å²) in [6.07, 6.45) is 3.42. The monoisotopic (exact) mass is 424 g/mol. The number of carboxylic acids is 1.